The molecule has 0 bridgehead atoms. The van der Waals surface area contributed by atoms with E-state index in [1.807, 2.05) is 18.2 Å². The zero-order valence-electron chi connectivity index (χ0n) is 14.6. The molecule has 1 atom stereocenters. The van der Waals surface area contributed by atoms with Crippen molar-refractivity contribution in [1.29, 1.82) is 5.26 Å². The molecule has 1 unspecified atom stereocenters. The van der Waals surface area contributed by atoms with E-state index in [2.05, 4.69) is 62.1 Å². The lowest BCUT2D eigenvalue weighted by atomic mass is 9.86. The Bertz CT molecular complexity index is 741. The molecule has 0 aromatic heterocycles. The molecular weight excluding hydrogens is 296 g/mol. The van der Waals surface area contributed by atoms with E-state index in [1.54, 1.807) is 0 Å². The molecule has 0 spiro atoms. The van der Waals surface area contributed by atoms with Crippen LogP contribution in [-0.4, -0.2) is 13.1 Å². The van der Waals surface area contributed by atoms with E-state index >= 15 is 0 Å². The Hall–Kier alpha value is -2.47. The first-order valence-electron chi connectivity index (χ1n) is 8.47. The molecule has 3 heteroatoms. The summed E-state index contributed by atoms with van der Waals surface area (Å²) in [7, 11) is 0. The highest BCUT2D eigenvalue weighted by molar-refractivity contribution is 5.63. The van der Waals surface area contributed by atoms with Gasteiger partial charge in [0.05, 0.1) is 24.7 Å². The van der Waals surface area contributed by atoms with Gasteiger partial charge in [0.15, 0.2) is 0 Å². The number of hydrogen-bond donors (Lipinski definition) is 0. The lowest BCUT2D eigenvalue weighted by Gasteiger charge is -2.37. The molecule has 2 aromatic rings. The minimum Gasteiger partial charge on any atom is -0.482 e. The van der Waals surface area contributed by atoms with Crippen LogP contribution in [0.5, 0.6) is 5.75 Å². The lowest BCUT2D eigenvalue weighted by molar-refractivity contribution is 0.197. The summed E-state index contributed by atoms with van der Waals surface area (Å²) in [5.74, 6) is 0.904. The molecule has 2 aromatic carbocycles. The van der Waals surface area contributed by atoms with Gasteiger partial charge in [-0.05, 0) is 28.7 Å². The Morgan fingerprint density at radius 3 is 2.58 bits per heavy atom. The molecule has 1 heterocycles. The summed E-state index contributed by atoms with van der Waals surface area (Å²) in [6.07, 6.45) is 0.513. The Balaban J connectivity index is 1.97. The number of anilines is 1. The predicted molar refractivity (Wildman–Crippen MR) is 97.4 cm³/mol. The summed E-state index contributed by atoms with van der Waals surface area (Å²) in [4.78, 5) is 2.29. The van der Waals surface area contributed by atoms with Gasteiger partial charge < -0.3 is 9.64 Å². The van der Waals surface area contributed by atoms with Gasteiger partial charge in [-0.25, -0.2) is 0 Å². The van der Waals surface area contributed by atoms with Crippen LogP contribution in [0.3, 0.4) is 0 Å². The third-order valence-corrected chi connectivity index (χ3v) is 4.49. The molecule has 124 valence electrons. The molecule has 0 amide bonds. The van der Waals surface area contributed by atoms with Gasteiger partial charge in [-0.2, -0.15) is 5.26 Å². The standard InChI is InChI=1S/C21H24N2O/c1-21(2,3)17-10-11-19-18(14-17)23(13-7-12-22)15-20(24-19)16-8-5-4-6-9-16/h4-6,8-11,14,20H,7,13,15H2,1-3H3. The monoisotopic (exact) mass is 320 g/mol. The summed E-state index contributed by atoms with van der Waals surface area (Å²) in [6.45, 7) is 8.14. The van der Waals surface area contributed by atoms with Crippen LogP contribution < -0.4 is 9.64 Å². The number of nitriles is 1. The van der Waals surface area contributed by atoms with Crippen LogP contribution in [0.1, 0.15) is 44.4 Å². The highest BCUT2D eigenvalue weighted by atomic mass is 16.5. The molecule has 0 aliphatic carbocycles. The largest absolute Gasteiger partial charge is 0.482 e. The fourth-order valence-corrected chi connectivity index (χ4v) is 3.06. The van der Waals surface area contributed by atoms with Gasteiger partial charge >= 0.3 is 0 Å². The van der Waals surface area contributed by atoms with E-state index in [1.165, 1.54) is 11.1 Å². The minimum absolute atomic E-state index is 0.00196. The topological polar surface area (TPSA) is 36.3 Å². The normalized spacial score (nSPS) is 16.9. The molecule has 0 N–H and O–H groups in total. The van der Waals surface area contributed by atoms with Gasteiger partial charge in [-0.1, -0.05) is 57.2 Å². The smallest absolute Gasteiger partial charge is 0.143 e. The number of rotatable bonds is 3. The molecule has 3 nitrogen and oxygen atoms in total. The second-order valence-corrected chi connectivity index (χ2v) is 7.30. The highest BCUT2D eigenvalue weighted by Gasteiger charge is 2.28. The van der Waals surface area contributed by atoms with Gasteiger partial charge in [0.2, 0.25) is 0 Å². The molecule has 0 radical (unpaired) electrons. The number of ether oxygens (including phenoxy) is 1. The average Bonchev–Trinajstić information content (AvgIpc) is 2.59. The average molecular weight is 320 g/mol. The SMILES string of the molecule is CC(C)(C)c1ccc2c(c1)N(CCC#N)CC(c1ccccc1)O2. The van der Waals surface area contributed by atoms with E-state index in [0.717, 1.165) is 24.5 Å². The fraction of sp³-hybridized carbons (Fsp3) is 0.381. The molecule has 1 aliphatic heterocycles. The van der Waals surface area contributed by atoms with Crippen molar-refractivity contribution >= 4 is 5.69 Å². The van der Waals surface area contributed by atoms with Gasteiger partial charge in [0.25, 0.3) is 0 Å². The van der Waals surface area contributed by atoms with Gasteiger partial charge in [0.1, 0.15) is 11.9 Å². The zero-order valence-corrected chi connectivity index (χ0v) is 14.6. The molecule has 0 saturated carbocycles. The summed E-state index contributed by atoms with van der Waals surface area (Å²) < 4.78 is 6.27. The Labute approximate surface area is 144 Å². The van der Waals surface area contributed by atoms with Crippen molar-refractivity contribution < 1.29 is 4.74 Å². The van der Waals surface area contributed by atoms with Crippen LogP contribution in [0, 0.1) is 11.3 Å². The maximum atomic E-state index is 9.00. The Morgan fingerprint density at radius 1 is 1.17 bits per heavy atom. The second kappa shape index (κ2) is 6.57. The van der Waals surface area contributed by atoms with Crippen LogP contribution in [0.2, 0.25) is 0 Å². The molecule has 0 fully saturated rings. The maximum Gasteiger partial charge on any atom is 0.143 e. The quantitative estimate of drug-likeness (QED) is 0.812. The van der Waals surface area contributed by atoms with E-state index in [-0.39, 0.29) is 11.5 Å². The second-order valence-electron chi connectivity index (χ2n) is 7.30. The Morgan fingerprint density at radius 2 is 1.92 bits per heavy atom. The van der Waals surface area contributed by atoms with Crippen molar-refractivity contribution in [2.75, 3.05) is 18.0 Å². The van der Waals surface area contributed by atoms with E-state index in [9.17, 15) is 0 Å². The van der Waals surface area contributed by atoms with Crippen LogP contribution in [0.4, 0.5) is 5.69 Å². The van der Waals surface area contributed by atoms with Gasteiger partial charge in [-0.15, -0.1) is 0 Å². The Kier molecular flexibility index (Phi) is 4.49. The predicted octanol–water partition coefficient (Wildman–Crippen LogP) is 4.84. The molecular formula is C21H24N2O. The highest BCUT2D eigenvalue weighted by Crippen LogP contribution is 2.40. The van der Waals surface area contributed by atoms with Gasteiger partial charge in [-0.3, -0.25) is 0 Å². The van der Waals surface area contributed by atoms with Crippen molar-refractivity contribution in [2.24, 2.45) is 0 Å². The summed E-state index contributed by atoms with van der Waals surface area (Å²) >= 11 is 0. The van der Waals surface area contributed by atoms with Crippen molar-refractivity contribution in [3.8, 4) is 11.8 Å². The van der Waals surface area contributed by atoms with Crippen molar-refractivity contribution in [3.05, 3.63) is 59.7 Å². The third kappa shape index (κ3) is 3.38. The third-order valence-electron chi connectivity index (χ3n) is 4.49. The maximum absolute atomic E-state index is 9.00. The summed E-state index contributed by atoms with van der Waals surface area (Å²) in [5, 5.41) is 9.00. The number of nitrogens with zero attached hydrogens (tertiary/aromatic N) is 2. The van der Waals surface area contributed by atoms with Crippen LogP contribution in [0.25, 0.3) is 0 Å². The number of fused-ring (bicyclic) bond motifs is 1. The van der Waals surface area contributed by atoms with Crippen molar-refractivity contribution in [2.45, 2.75) is 38.7 Å². The molecule has 3 rings (SSSR count). The van der Waals surface area contributed by atoms with Crippen molar-refractivity contribution in [1.82, 2.24) is 0 Å². The van der Waals surface area contributed by atoms with Crippen molar-refractivity contribution in [3.63, 3.8) is 0 Å². The van der Waals surface area contributed by atoms with Crippen LogP contribution in [0.15, 0.2) is 48.5 Å². The van der Waals surface area contributed by atoms with E-state index in [0.29, 0.717) is 6.42 Å². The number of benzene rings is 2. The first-order chi connectivity index (χ1) is 11.5. The van der Waals surface area contributed by atoms with E-state index < -0.39 is 0 Å². The first-order valence-corrected chi connectivity index (χ1v) is 8.47. The zero-order chi connectivity index (χ0) is 17.2. The number of hydrogen-bond acceptors (Lipinski definition) is 3. The fourth-order valence-electron chi connectivity index (χ4n) is 3.06. The van der Waals surface area contributed by atoms with Gasteiger partial charge in [0, 0.05) is 6.54 Å². The van der Waals surface area contributed by atoms with E-state index in [4.69, 9.17) is 10.00 Å². The first kappa shape index (κ1) is 16.4. The van der Waals surface area contributed by atoms with Crippen LogP contribution >= 0.6 is 0 Å². The molecule has 24 heavy (non-hydrogen) atoms. The summed E-state index contributed by atoms with van der Waals surface area (Å²) in [6, 6.07) is 19.0. The molecule has 1 aliphatic rings. The molecule has 0 saturated heterocycles. The van der Waals surface area contributed by atoms with Crippen LogP contribution in [-0.2, 0) is 5.41 Å². The summed E-state index contributed by atoms with van der Waals surface area (Å²) in [5.41, 5.74) is 3.64. The lowest BCUT2D eigenvalue weighted by Crippen LogP contribution is -2.36. The minimum atomic E-state index is -0.00196.